The van der Waals surface area contributed by atoms with Crippen molar-refractivity contribution >= 4 is 5.97 Å². The first-order valence-corrected chi connectivity index (χ1v) is 6.65. The standard InChI is InChI=1S/C17H18O4/c1-20-10-9-12-3-5-13(6-4-12)15-11-14(17(18)19)7-8-16(15)21-2/h3-8,11H,9-10H2,1-2H3,(H,18,19). The Balaban J connectivity index is 2.35. The summed E-state index contributed by atoms with van der Waals surface area (Å²) in [5.74, 6) is -0.291. The molecule has 4 heteroatoms. The van der Waals surface area contributed by atoms with E-state index in [0.717, 1.165) is 17.5 Å². The number of rotatable bonds is 6. The molecule has 0 radical (unpaired) electrons. The van der Waals surface area contributed by atoms with E-state index in [1.807, 2.05) is 24.3 Å². The molecule has 2 rings (SSSR count). The molecule has 2 aromatic carbocycles. The Labute approximate surface area is 123 Å². The summed E-state index contributed by atoms with van der Waals surface area (Å²) in [5, 5.41) is 9.11. The molecule has 0 aliphatic heterocycles. The normalized spacial score (nSPS) is 10.4. The fraction of sp³-hybridized carbons (Fsp3) is 0.235. The van der Waals surface area contributed by atoms with Crippen molar-refractivity contribution in [2.45, 2.75) is 6.42 Å². The van der Waals surface area contributed by atoms with Crippen LogP contribution in [0.1, 0.15) is 15.9 Å². The summed E-state index contributed by atoms with van der Waals surface area (Å²) in [6.45, 7) is 0.678. The van der Waals surface area contributed by atoms with Crippen LogP contribution in [0.5, 0.6) is 5.75 Å². The van der Waals surface area contributed by atoms with Gasteiger partial charge in [-0.1, -0.05) is 24.3 Å². The van der Waals surface area contributed by atoms with E-state index in [2.05, 4.69) is 0 Å². The zero-order valence-electron chi connectivity index (χ0n) is 12.1. The molecule has 0 aliphatic rings. The molecule has 2 aromatic rings. The lowest BCUT2D eigenvalue weighted by Crippen LogP contribution is -1.98. The largest absolute Gasteiger partial charge is 0.496 e. The van der Waals surface area contributed by atoms with Gasteiger partial charge in [-0.25, -0.2) is 4.79 Å². The topological polar surface area (TPSA) is 55.8 Å². The van der Waals surface area contributed by atoms with Crippen LogP contribution in [-0.4, -0.2) is 31.9 Å². The van der Waals surface area contributed by atoms with E-state index in [-0.39, 0.29) is 5.56 Å². The van der Waals surface area contributed by atoms with Crippen molar-refractivity contribution in [2.24, 2.45) is 0 Å². The summed E-state index contributed by atoms with van der Waals surface area (Å²) in [5.41, 5.74) is 3.12. The Morgan fingerprint density at radius 1 is 1.10 bits per heavy atom. The number of carbonyl (C=O) groups is 1. The van der Waals surface area contributed by atoms with Crippen LogP contribution in [0.25, 0.3) is 11.1 Å². The average Bonchev–Trinajstić information content (AvgIpc) is 2.52. The van der Waals surface area contributed by atoms with Crippen LogP contribution < -0.4 is 4.74 Å². The molecule has 110 valence electrons. The van der Waals surface area contributed by atoms with E-state index in [1.165, 1.54) is 11.6 Å². The molecule has 0 atom stereocenters. The van der Waals surface area contributed by atoms with E-state index >= 15 is 0 Å². The van der Waals surface area contributed by atoms with Gasteiger partial charge in [0.15, 0.2) is 0 Å². The molecule has 0 aromatic heterocycles. The molecule has 0 unspecified atom stereocenters. The predicted molar refractivity (Wildman–Crippen MR) is 81.0 cm³/mol. The first-order chi connectivity index (χ1) is 10.2. The Bertz CT molecular complexity index is 617. The second-order valence-corrected chi connectivity index (χ2v) is 4.66. The number of hydrogen-bond donors (Lipinski definition) is 1. The Morgan fingerprint density at radius 2 is 1.81 bits per heavy atom. The van der Waals surface area contributed by atoms with E-state index in [1.54, 1.807) is 26.4 Å². The van der Waals surface area contributed by atoms with Gasteiger partial charge in [0.1, 0.15) is 5.75 Å². The van der Waals surface area contributed by atoms with Crippen molar-refractivity contribution in [2.75, 3.05) is 20.8 Å². The highest BCUT2D eigenvalue weighted by Crippen LogP contribution is 2.31. The maximum absolute atomic E-state index is 11.1. The minimum atomic E-state index is -0.949. The number of carboxylic acid groups (broad SMARTS) is 1. The minimum Gasteiger partial charge on any atom is -0.496 e. The van der Waals surface area contributed by atoms with Gasteiger partial charge in [-0.3, -0.25) is 0 Å². The monoisotopic (exact) mass is 286 g/mol. The van der Waals surface area contributed by atoms with Crippen molar-refractivity contribution in [3.8, 4) is 16.9 Å². The van der Waals surface area contributed by atoms with Crippen molar-refractivity contribution in [3.63, 3.8) is 0 Å². The van der Waals surface area contributed by atoms with Crippen LogP contribution in [0.2, 0.25) is 0 Å². The summed E-state index contributed by atoms with van der Waals surface area (Å²) in [4.78, 5) is 11.1. The maximum atomic E-state index is 11.1. The SMILES string of the molecule is COCCc1ccc(-c2cc(C(=O)O)ccc2OC)cc1. The molecule has 0 bridgehead atoms. The fourth-order valence-electron chi connectivity index (χ4n) is 2.14. The van der Waals surface area contributed by atoms with Gasteiger partial charge < -0.3 is 14.6 Å². The van der Waals surface area contributed by atoms with Gasteiger partial charge in [0, 0.05) is 12.7 Å². The third-order valence-corrected chi connectivity index (χ3v) is 3.31. The second-order valence-electron chi connectivity index (χ2n) is 4.66. The molecular formula is C17H18O4. The highest BCUT2D eigenvalue weighted by Gasteiger charge is 2.10. The molecule has 0 fully saturated rings. The molecule has 1 N–H and O–H groups in total. The predicted octanol–water partition coefficient (Wildman–Crippen LogP) is 3.25. The maximum Gasteiger partial charge on any atom is 0.335 e. The Morgan fingerprint density at radius 3 is 2.38 bits per heavy atom. The van der Waals surface area contributed by atoms with Crippen LogP contribution >= 0.6 is 0 Å². The quantitative estimate of drug-likeness (QED) is 0.885. The molecule has 4 nitrogen and oxygen atoms in total. The highest BCUT2D eigenvalue weighted by atomic mass is 16.5. The summed E-state index contributed by atoms with van der Waals surface area (Å²) in [6.07, 6.45) is 0.850. The zero-order chi connectivity index (χ0) is 15.2. The lowest BCUT2D eigenvalue weighted by molar-refractivity contribution is 0.0697. The summed E-state index contributed by atoms with van der Waals surface area (Å²) >= 11 is 0. The van der Waals surface area contributed by atoms with E-state index in [9.17, 15) is 4.79 Å². The van der Waals surface area contributed by atoms with Gasteiger partial charge in [0.2, 0.25) is 0 Å². The van der Waals surface area contributed by atoms with E-state index in [4.69, 9.17) is 14.6 Å². The third-order valence-electron chi connectivity index (χ3n) is 3.31. The lowest BCUT2D eigenvalue weighted by atomic mass is 10.00. The second kappa shape index (κ2) is 6.90. The van der Waals surface area contributed by atoms with Gasteiger partial charge in [0.05, 0.1) is 19.3 Å². The van der Waals surface area contributed by atoms with Gasteiger partial charge in [-0.15, -0.1) is 0 Å². The minimum absolute atomic E-state index is 0.245. The van der Waals surface area contributed by atoms with Crippen LogP contribution in [0, 0.1) is 0 Å². The smallest absolute Gasteiger partial charge is 0.335 e. The van der Waals surface area contributed by atoms with Crippen molar-refractivity contribution < 1.29 is 19.4 Å². The molecule has 0 saturated carbocycles. The van der Waals surface area contributed by atoms with Crippen LogP contribution in [-0.2, 0) is 11.2 Å². The molecule has 0 heterocycles. The van der Waals surface area contributed by atoms with Crippen LogP contribution in [0.15, 0.2) is 42.5 Å². The average molecular weight is 286 g/mol. The number of carboxylic acids is 1. The van der Waals surface area contributed by atoms with E-state index in [0.29, 0.717) is 12.4 Å². The number of hydrogen-bond acceptors (Lipinski definition) is 3. The number of benzene rings is 2. The third kappa shape index (κ3) is 3.61. The summed E-state index contributed by atoms with van der Waals surface area (Å²) < 4.78 is 10.4. The van der Waals surface area contributed by atoms with Crippen LogP contribution in [0.4, 0.5) is 0 Å². The molecule has 0 saturated heterocycles. The molecular weight excluding hydrogens is 268 g/mol. The van der Waals surface area contributed by atoms with Gasteiger partial charge in [-0.05, 0) is 35.7 Å². The van der Waals surface area contributed by atoms with E-state index < -0.39 is 5.97 Å². The van der Waals surface area contributed by atoms with Crippen molar-refractivity contribution in [1.82, 2.24) is 0 Å². The lowest BCUT2D eigenvalue weighted by Gasteiger charge is -2.10. The number of aromatic carboxylic acids is 1. The fourth-order valence-corrected chi connectivity index (χ4v) is 2.14. The number of methoxy groups -OCH3 is 2. The van der Waals surface area contributed by atoms with Gasteiger partial charge in [-0.2, -0.15) is 0 Å². The number of ether oxygens (including phenoxy) is 2. The summed E-state index contributed by atoms with van der Waals surface area (Å²) in [7, 11) is 3.25. The molecule has 0 aliphatic carbocycles. The van der Waals surface area contributed by atoms with Crippen molar-refractivity contribution in [3.05, 3.63) is 53.6 Å². The molecule has 0 spiro atoms. The van der Waals surface area contributed by atoms with Crippen LogP contribution in [0.3, 0.4) is 0 Å². The molecule has 21 heavy (non-hydrogen) atoms. The first kappa shape index (κ1) is 15.1. The van der Waals surface area contributed by atoms with Crippen molar-refractivity contribution in [1.29, 1.82) is 0 Å². The summed E-state index contributed by atoms with van der Waals surface area (Å²) in [6, 6.07) is 12.8. The first-order valence-electron chi connectivity index (χ1n) is 6.65. The van der Waals surface area contributed by atoms with Gasteiger partial charge >= 0.3 is 5.97 Å². The highest BCUT2D eigenvalue weighted by molar-refractivity contribution is 5.90. The van der Waals surface area contributed by atoms with Gasteiger partial charge in [0.25, 0.3) is 0 Å². The molecule has 0 amide bonds. The Hall–Kier alpha value is -2.33. The Kier molecular flexibility index (Phi) is 4.95. The zero-order valence-corrected chi connectivity index (χ0v) is 12.1.